The Labute approximate surface area is 148 Å². The quantitative estimate of drug-likeness (QED) is 0.837. The van der Waals surface area contributed by atoms with Crippen molar-refractivity contribution in [2.45, 2.75) is 38.8 Å². The average Bonchev–Trinajstić information content (AvgIpc) is 2.98. The number of thiazole rings is 1. The van der Waals surface area contributed by atoms with Crippen LogP contribution in [0.4, 0.5) is 0 Å². The number of fused-ring (bicyclic) bond motifs is 1. The zero-order valence-electron chi connectivity index (χ0n) is 14.7. The molecule has 0 fully saturated rings. The first-order valence-corrected chi connectivity index (χ1v) is 9.32. The molecule has 1 atom stereocenters. The maximum atomic E-state index is 12.5. The van der Waals surface area contributed by atoms with Crippen molar-refractivity contribution in [3.8, 4) is 0 Å². The van der Waals surface area contributed by atoms with Gasteiger partial charge in [-0.05, 0) is 37.9 Å². The van der Waals surface area contributed by atoms with Gasteiger partial charge in [-0.15, -0.1) is 11.3 Å². The molecule has 2 aromatic rings. The van der Waals surface area contributed by atoms with Crippen LogP contribution in [-0.2, 0) is 24.2 Å². The Bertz CT molecular complexity index is 712. The summed E-state index contributed by atoms with van der Waals surface area (Å²) < 4.78 is 0. The van der Waals surface area contributed by atoms with Crippen molar-refractivity contribution in [3.05, 3.63) is 51.5 Å². The van der Waals surface area contributed by atoms with Gasteiger partial charge in [0.05, 0.1) is 11.2 Å². The molecule has 0 unspecified atom stereocenters. The van der Waals surface area contributed by atoms with Crippen molar-refractivity contribution < 1.29 is 4.79 Å². The second-order valence-corrected chi connectivity index (χ2v) is 7.62. The van der Waals surface area contributed by atoms with E-state index < -0.39 is 0 Å². The molecule has 0 saturated heterocycles. The molecule has 3 rings (SSSR count). The Morgan fingerprint density at radius 2 is 2.12 bits per heavy atom. The molecule has 1 amide bonds. The number of aryl methyl sites for hydroxylation is 2. The van der Waals surface area contributed by atoms with Crippen LogP contribution in [0, 0.1) is 6.92 Å². The Morgan fingerprint density at radius 1 is 1.38 bits per heavy atom. The van der Waals surface area contributed by atoms with Gasteiger partial charge in [0.1, 0.15) is 0 Å². The lowest BCUT2D eigenvalue weighted by Crippen LogP contribution is -2.46. The summed E-state index contributed by atoms with van der Waals surface area (Å²) >= 11 is 1.64. The van der Waals surface area contributed by atoms with Crippen LogP contribution in [0.25, 0.3) is 0 Å². The molecule has 128 valence electrons. The summed E-state index contributed by atoms with van der Waals surface area (Å²) in [6.45, 7) is 3.75. The summed E-state index contributed by atoms with van der Waals surface area (Å²) in [5, 5.41) is 0. The number of hydrogen-bond acceptors (Lipinski definition) is 4. The fourth-order valence-electron chi connectivity index (χ4n) is 3.32. The van der Waals surface area contributed by atoms with E-state index in [1.807, 2.05) is 24.4 Å². The molecule has 2 heterocycles. The molecule has 5 heteroatoms. The van der Waals surface area contributed by atoms with Gasteiger partial charge in [0.2, 0.25) is 5.91 Å². The lowest BCUT2D eigenvalue weighted by atomic mass is 9.94. The van der Waals surface area contributed by atoms with Gasteiger partial charge < -0.3 is 4.90 Å². The SMILES string of the molecule is Cc1ncsc1CCC(=O)N(C)C[C@@H]1Cc2ccccc2CN1C. The number of rotatable bonds is 5. The van der Waals surface area contributed by atoms with Crippen molar-refractivity contribution in [2.24, 2.45) is 0 Å². The van der Waals surface area contributed by atoms with E-state index in [1.54, 1.807) is 11.3 Å². The lowest BCUT2D eigenvalue weighted by Gasteiger charge is -2.36. The third kappa shape index (κ3) is 3.84. The van der Waals surface area contributed by atoms with E-state index in [-0.39, 0.29) is 5.91 Å². The fraction of sp³-hybridized carbons (Fsp3) is 0.474. The normalized spacial score (nSPS) is 17.5. The van der Waals surface area contributed by atoms with Crippen molar-refractivity contribution in [1.82, 2.24) is 14.8 Å². The van der Waals surface area contributed by atoms with Gasteiger partial charge in [-0.2, -0.15) is 0 Å². The third-order valence-electron chi connectivity index (χ3n) is 4.94. The Hall–Kier alpha value is -1.72. The van der Waals surface area contributed by atoms with Crippen LogP contribution in [0.2, 0.25) is 0 Å². The van der Waals surface area contributed by atoms with Gasteiger partial charge in [-0.3, -0.25) is 9.69 Å². The molecule has 1 aliphatic heterocycles. The van der Waals surface area contributed by atoms with Gasteiger partial charge in [0, 0.05) is 37.5 Å². The number of benzene rings is 1. The van der Waals surface area contributed by atoms with Gasteiger partial charge >= 0.3 is 0 Å². The molecule has 1 aliphatic rings. The summed E-state index contributed by atoms with van der Waals surface area (Å²) in [5.74, 6) is 0.218. The largest absolute Gasteiger partial charge is 0.344 e. The van der Waals surface area contributed by atoms with E-state index in [4.69, 9.17) is 0 Å². The number of aromatic nitrogens is 1. The number of likely N-dealkylation sites (N-methyl/N-ethyl adjacent to an activating group) is 2. The molecule has 0 aliphatic carbocycles. The Balaban J connectivity index is 1.55. The van der Waals surface area contributed by atoms with Gasteiger partial charge in [-0.1, -0.05) is 24.3 Å². The molecule has 4 nitrogen and oxygen atoms in total. The van der Waals surface area contributed by atoms with Crippen LogP contribution >= 0.6 is 11.3 Å². The molecule has 0 bridgehead atoms. The topological polar surface area (TPSA) is 36.4 Å². The first kappa shape index (κ1) is 17.1. The first-order chi connectivity index (χ1) is 11.5. The predicted octanol–water partition coefficient (Wildman–Crippen LogP) is 2.90. The summed E-state index contributed by atoms with van der Waals surface area (Å²) in [4.78, 5) is 22.2. The fourth-order valence-corrected chi connectivity index (χ4v) is 4.10. The third-order valence-corrected chi connectivity index (χ3v) is 5.93. The van der Waals surface area contributed by atoms with Crippen LogP contribution in [0.5, 0.6) is 0 Å². The summed E-state index contributed by atoms with van der Waals surface area (Å²) in [6, 6.07) is 9.01. The Morgan fingerprint density at radius 3 is 2.83 bits per heavy atom. The highest BCUT2D eigenvalue weighted by Crippen LogP contribution is 2.22. The zero-order valence-corrected chi connectivity index (χ0v) is 15.5. The molecule has 1 aromatic heterocycles. The lowest BCUT2D eigenvalue weighted by molar-refractivity contribution is -0.130. The molecule has 24 heavy (non-hydrogen) atoms. The Kier molecular flexibility index (Phi) is 5.31. The van der Waals surface area contributed by atoms with E-state index in [2.05, 4.69) is 41.2 Å². The number of hydrogen-bond donors (Lipinski definition) is 0. The standard InChI is InChI=1S/C19H25N3OS/c1-14-18(24-13-20-14)8-9-19(23)22(3)12-17-10-15-6-4-5-7-16(15)11-21(17)2/h4-7,13,17H,8-12H2,1-3H3/t17-/m0/s1. The van der Waals surface area contributed by atoms with Crippen LogP contribution in [0.1, 0.15) is 28.1 Å². The second kappa shape index (κ2) is 7.45. The minimum absolute atomic E-state index is 0.218. The minimum atomic E-state index is 0.218. The molecule has 0 radical (unpaired) electrons. The van der Waals surface area contributed by atoms with E-state index in [1.165, 1.54) is 16.0 Å². The van der Waals surface area contributed by atoms with E-state index in [0.717, 1.165) is 31.6 Å². The molecular weight excluding hydrogens is 318 g/mol. The van der Waals surface area contributed by atoms with Crippen molar-refractivity contribution >= 4 is 17.2 Å². The minimum Gasteiger partial charge on any atom is -0.344 e. The van der Waals surface area contributed by atoms with Crippen LogP contribution in [-0.4, -0.2) is 47.4 Å². The van der Waals surface area contributed by atoms with Crippen LogP contribution in [0.15, 0.2) is 29.8 Å². The highest BCUT2D eigenvalue weighted by Gasteiger charge is 2.25. The second-order valence-electron chi connectivity index (χ2n) is 6.68. The van der Waals surface area contributed by atoms with E-state index >= 15 is 0 Å². The monoisotopic (exact) mass is 343 g/mol. The van der Waals surface area contributed by atoms with Crippen LogP contribution in [0.3, 0.4) is 0 Å². The van der Waals surface area contributed by atoms with E-state index in [9.17, 15) is 4.79 Å². The van der Waals surface area contributed by atoms with E-state index in [0.29, 0.717) is 12.5 Å². The average molecular weight is 343 g/mol. The highest BCUT2D eigenvalue weighted by atomic mass is 32.1. The number of carbonyl (C=O) groups is 1. The smallest absolute Gasteiger partial charge is 0.222 e. The molecular formula is C19H25N3OS. The van der Waals surface area contributed by atoms with Crippen molar-refractivity contribution in [2.75, 3.05) is 20.6 Å². The van der Waals surface area contributed by atoms with Gasteiger partial charge in [0.25, 0.3) is 0 Å². The van der Waals surface area contributed by atoms with Crippen LogP contribution < -0.4 is 0 Å². The first-order valence-electron chi connectivity index (χ1n) is 8.44. The number of carbonyl (C=O) groups excluding carboxylic acids is 1. The highest BCUT2D eigenvalue weighted by molar-refractivity contribution is 7.09. The number of amides is 1. The number of nitrogens with zero attached hydrogens (tertiary/aromatic N) is 3. The maximum absolute atomic E-state index is 12.5. The summed E-state index contributed by atoms with van der Waals surface area (Å²) in [5.41, 5.74) is 5.74. The molecule has 0 N–H and O–H groups in total. The van der Waals surface area contributed by atoms with Crippen molar-refractivity contribution in [3.63, 3.8) is 0 Å². The molecule has 1 aromatic carbocycles. The van der Waals surface area contributed by atoms with Gasteiger partial charge in [-0.25, -0.2) is 4.98 Å². The van der Waals surface area contributed by atoms with Gasteiger partial charge in [0.15, 0.2) is 0 Å². The molecule has 0 spiro atoms. The summed E-state index contributed by atoms with van der Waals surface area (Å²) in [7, 11) is 4.08. The summed E-state index contributed by atoms with van der Waals surface area (Å²) in [6.07, 6.45) is 2.37. The maximum Gasteiger partial charge on any atom is 0.222 e. The zero-order chi connectivity index (χ0) is 17.1. The predicted molar refractivity (Wildman–Crippen MR) is 98.2 cm³/mol. The van der Waals surface area contributed by atoms with Crippen molar-refractivity contribution in [1.29, 1.82) is 0 Å². The molecule has 0 saturated carbocycles.